The number of aromatic nitrogens is 1. The Hall–Kier alpha value is -2.97. The van der Waals surface area contributed by atoms with Crippen molar-refractivity contribution in [1.29, 1.82) is 0 Å². The average Bonchev–Trinajstić information content (AvgIpc) is 3.21. The van der Waals surface area contributed by atoms with Gasteiger partial charge >= 0.3 is 11.9 Å². The number of β-lactam (4-membered cyclic amide) rings is 1. The van der Waals surface area contributed by atoms with Crippen molar-refractivity contribution in [2.24, 2.45) is 5.16 Å². The number of hydrogen-bond donors (Lipinski definition) is 3. The highest BCUT2D eigenvalue weighted by Gasteiger charge is 2.57. The Kier molecular flexibility index (Phi) is 4.76. The molecule has 1 unspecified atom stereocenters. The van der Waals surface area contributed by atoms with Crippen LogP contribution in [0.1, 0.15) is 12.6 Å². The summed E-state index contributed by atoms with van der Waals surface area (Å²) in [6.07, 6.45) is -1.37. The number of carbonyl (C=O) groups excluding carboxylic acids is 4. The Bertz CT molecular complexity index is 1000. The van der Waals surface area contributed by atoms with Crippen molar-refractivity contribution in [2.75, 3.05) is 11.5 Å². The van der Waals surface area contributed by atoms with E-state index in [1.54, 1.807) is 0 Å². The minimum atomic E-state index is -1.37. The molecule has 1 aromatic heterocycles. The topological polar surface area (TPSA) is 174 Å². The molecule has 0 aromatic carbocycles. The molecule has 4 heterocycles. The third-order valence-corrected chi connectivity index (χ3v) is 6.22. The molecule has 0 aliphatic carbocycles. The summed E-state index contributed by atoms with van der Waals surface area (Å²) in [4.78, 5) is 57.9. The number of oxime groups is 1. The van der Waals surface area contributed by atoms with Crippen molar-refractivity contribution in [3.8, 4) is 0 Å². The van der Waals surface area contributed by atoms with Crippen LogP contribution in [-0.4, -0.2) is 67.9 Å². The van der Waals surface area contributed by atoms with Crippen molar-refractivity contribution in [3.63, 3.8) is 0 Å². The number of aliphatic hydroxyl groups is 1. The van der Waals surface area contributed by atoms with Gasteiger partial charge in [0.05, 0.1) is 0 Å². The van der Waals surface area contributed by atoms with Gasteiger partial charge in [0.1, 0.15) is 22.8 Å². The van der Waals surface area contributed by atoms with Gasteiger partial charge in [-0.15, -0.1) is 23.1 Å². The third kappa shape index (κ3) is 3.24. The molecule has 1 fully saturated rings. The number of nitrogens with zero attached hydrogens (tertiary/aromatic N) is 3. The van der Waals surface area contributed by atoms with Crippen molar-refractivity contribution in [3.05, 3.63) is 22.3 Å². The number of anilines is 1. The summed E-state index contributed by atoms with van der Waals surface area (Å²) < 4.78 is 4.74. The van der Waals surface area contributed by atoms with Gasteiger partial charge in [0.25, 0.3) is 11.8 Å². The van der Waals surface area contributed by atoms with Gasteiger partial charge in [-0.2, -0.15) is 0 Å². The highest BCUT2D eigenvalue weighted by Crippen LogP contribution is 2.43. The number of hydrogen-bond acceptors (Lipinski definition) is 12. The zero-order valence-electron chi connectivity index (χ0n) is 14.6. The Morgan fingerprint density at radius 2 is 2.24 bits per heavy atom. The number of thiazole rings is 1. The van der Waals surface area contributed by atoms with E-state index in [-0.39, 0.29) is 28.0 Å². The summed E-state index contributed by atoms with van der Waals surface area (Å²) in [6, 6.07) is -0.953. The molecule has 0 radical (unpaired) electrons. The molecule has 14 heteroatoms. The van der Waals surface area contributed by atoms with Gasteiger partial charge in [-0.05, 0) is 0 Å². The number of amides is 2. The predicted molar refractivity (Wildman–Crippen MR) is 99.0 cm³/mol. The summed E-state index contributed by atoms with van der Waals surface area (Å²) in [5.74, 6) is -2.61. The molecule has 0 saturated carbocycles. The van der Waals surface area contributed by atoms with Crippen LogP contribution in [0.2, 0.25) is 0 Å². The number of fused-ring (bicyclic) bond motifs is 2. The molecule has 3 aliphatic heterocycles. The Labute approximate surface area is 170 Å². The SMILES string of the molecule is CC(=O)O/N=C(\C(=O)N[C@@H]1C(=O)N2C3=C(CS[C@H]12)C(O)OC3=O)c1csc(N)n1. The molecule has 12 nitrogen and oxygen atoms in total. The van der Waals surface area contributed by atoms with Crippen molar-refractivity contribution >= 4 is 57.7 Å². The standard InChI is InChI=1S/C15H13N5O7S2/c1-4(21)27-19-7(6-3-29-15(16)17-6)10(22)18-8-11(23)20-9-5(2-28-12(8)20)13(24)26-14(9)25/h3,8,12-13,24H,2H2,1H3,(H2,16,17)(H,18,22)/b19-7-/t8-,12-,13?/m1/s1. The van der Waals surface area contributed by atoms with Crippen LogP contribution in [0.4, 0.5) is 5.13 Å². The highest BCUT2D eigenvalue weighted by molar-refractivity contribution is 8.00. The van der Waals surface area contributed by atoms with E-state index in [1.165, 1.54) is 22.0 Å². The molecule has 4 rings (SSSR count). The van der Waals surface area contributed by atoms with Crippen LogP contribution < -0.4 is 11.1 Å². The number of nitrogens with two attached hydrogens (primary N) is 1. The molecule has 0 spiro atoms. The fourth-order valence-electron chi connectivity index (χ4n) is 2.97. The lowest BCUT2D eigenvalue weighted by molar-refractivity contribution is -0.157. The van der Waals surface area contributed by atoms with Gasteiger partial charge in [0, 0.05) is 23.6 Å². The minimum Gasteiger partial charge on any atom is -0.427 e. The molecule has 4 N–H and O–H groups in total. The zero-order chi connectivity index (χ0) is 20.9. The van der Waals surface area contributed by atoms with Gasteiger partial charge in [-0.3, -0.25) is 14.5 Å². The van der Waals surface area contributed by atoms with Gasteiger partial charge in [0.15, 0.2) is 10.8 Å². The maximum atomic E-state index is 12.7. The number of rotatable bonds is 4. The summed E-state index contributed by atoms with van der Waals surface area (Å²) in [7, 11) is 0. The second-order valence-electron chi connectivity index (χ2n) is 6.09. The fourth-order valence-corrected chi connectivity index (χ4v) is 4.88. The van der Waals surface area contributed by atoms with E-state index in [4.69, 9.17) is 10.5 Å². The Morgan fingerprint density at radius 3 is 2.90 bits per heavy atom. The minimum absolute atomic E-state index is 0.0119. The second kappa shape index (κ2) is 7.13. The Balaban J connectivity index is 1.53. The molecule has 29 heavy (non-hydrogen) atoms. The van der Waals surface area contributed by atoms with E-state index in [9.17, 15) is 24.3 Å². The first-order valence-corrected chi connectivity index (χ1v) is 10.1. The summed E-state index contributed by atoms with van der Waals surface area (Å²) in [5, 5.41) is 16.8. The number of carbonyl (C=O) groups is 4. The highest BCUT2D eigenvalue weighted by atomic mass is 32.2. The third-order valence-electron chi connectivity index (χ3n) is 4.24. The van der Waals surface area contributed by atoms with Gasteiger partial charge < -0.3 is 25.7 Å². The number of nitrogen functional groups attached to an aromatic ring is 1. The zero-order valence-corrected chi connectivity index (χ0v) is 16.3. The number of nitrogens with one attached hydrogen (secondary N) is 1. The van der Waals surface area contributed by atoms with E-state index in [0.29, 0.717) is 5.57 Å². The fraction of sp³-hybridized carbons (Fsp3) is 0.333. The van der Waals surface area contributed by atoms with Crippen molar-refractivity contribution in [2.45, 2.75) is 24.6 Å². The molecule has 2 amide bonds. The predicted octanol–water partition coefficient (Wildman–Crippen LogP) is -1.48. The van der Waals surface area contributed by atoms with E-state index in [2.05, 4.69) is 20.3 Å². The van der Waals surface area contributed by atoms with Crippen molar-refractivity contribution < 1.29 is 33.9 Å². The van der Waals surface area contributed by atoms with Crippen LogP contribution in [0, 0.1) is 0 Å². The maximum absolute atomic E-state index is 12.7. The van der Waals surface area contributed by atoms with E-state index in [0.717, 1.165) is 18.3 Å². The van der Waals surface area contributed by atoms with E-state index < -0.39 is 41.5 Å². The van der Waals surface area contributed by atoms with Crippen LogP contribution in [0.5, 0.6) is 0 Å². The van der Waals surface area contributed by atoms with Crippen LogP contribution >= 0.6 is 23.1 Å². The van der Waals surface area contributed by atoms with Gasteiger partial charge in [0.2, 0.25) is 6.29 Å². The molecule has 1 aromatic rings. The molecular weight excluding hydrogens is 426 g/mol. The summed E-state index contributed by atoms with van der Waals surface area (Å²) in [6.45, 7) is 1.11. The lowest BCUT2D eigenvalue weighted by Crippen LogP contribution is -2.70. The monoisotopic (exact) mass is 439 g/mol. The number of aliphatic hydroxyl groups excluding tert-OH is 1. The number of thioether (sulfide) groups is 1. The second-order valence-corrected chi connectivity index (χ2v) is 8.08. The normalized spacial score (nSPS) is 25.8. The van der Waals surface area contributed by atoms with Crippen LogP contribution in [0.25, 0.3) is 0 Å². The largest absolute Gasteiger partial charge is 0.427 e. The number of ether oxygens (including phenoxy) is 1. The summed E-state index contributed by atoms with van der Waals surface area (Å²) >= 11 is 2.32. The first-order chi connectivity index (χ1) is 13.8. The number of cyclic esters (lactones) is 1. The van der Waals surface area contributed by atoms with Crippen LogP contribution in [-0.2, 0) is 28.8 Å². The van der Waals surface area contributed by atoms with Gasteiger partial charge in [-0.25, -0.2) is 14.6 Å². The van der Waals surface area contributed by atoms with Crippen LogP contribution in [0.15, 0.2) is 21.8 Å². The lowest BCUT2D eigenvalue weighted by atomic mass is 10.0. The molecule has 3 aliphatic rings. The van der Waals surface area contributed by atoms with E-state index in [1.807, 2.05) is 0 Å². The molecule has 3 atom stereocenters. The number of esters is 1. The first kappa shape index (κ1) is 19.4. The summed E-state index contributed by atoms with van der Waals surface area (Å²) in [5.41, 5.74) is 5.67. The molecule has 152 valence electrons. The van der Waals surface area contributed by atoms with Crippen molar-refractivity contribution in [1.82, 2.24) is 15.2 Å². The first-order valence-electron chi connectivity index (χ1n) is 8.12. The Morgan fingerprint density at radius 1 is 1.48 bits per heavy atom. The van der Waals surface area contributed by atoms with E-state index >= 15 is 0 Å². The quantitative estimate of drug-likeness (QED) is 0.165. The van der Waals surface area contributed by atoms with Crippen LogP contribution in [0.3, 0.4) is 0 Å². The average molecular weight is 439 g/mol. The maximum Gasteiger partial charge on any atom is 0.357 e. The molecular formula is C15H13N5O7S2. The smallest absolute Gasteiger partial charge is 0.357 e. The molecule has 1 saturated heterocycles. The lowest BCUT2D eigenvalue weighted by Gasteiger charge is -2.48. The van der Waals surface area contributed by atoms with Gasteiger partial charge in [-0.1, -0.05) is 5.16 Å². The molecule has 0 bridgehead atoms.